The van der Waals surface area contributed by atoms with E-state index in [0.29, 0.717) is 0 Å². The summed E-state index contributed by atoms with van der Waals surface area (Å²) in [6, 6.07) is 0. The SMILES string of the molecule is C[C@@H]1OC(O)[C@H](O)[C@H](O[C@H]2O[C@H](CO[C@@H]3O[C@H](CO)[C@@H](O)[C@H](O)[C@H]3O)[C@@H](O[C@@H]3O[C@H](CO)[C@@H](O)[C@H](O)[C@H]3O)[C@H](O)[C@H]2O)[C@H]1O. The molecule has 0 amide bonds. The highest BCUT2D eigenvalue weighted by Crippen LogP contribution is 2.33. The second-order valence-electron chi connectivity index (χ2n) is 11.2. The molecule has 258 valence electrons. The fourth-order valence-corrected chi connectivity index (χ4v) is 5.38. The standard InChI is InChI=1S/C24H42O20/c1-5-9(27)20(18(36)21(37)39-5)44-24-17(35)14(32)19(43-23-16(34)13(31)11(29)7(3-26)41-23)8(42-24)4-38-22-15(33)12(30)10(28)6(2-25)40-22/h5-37H,2-4H2,1H3/t5-,6+,7+,8+,9-,10+,11+,12-,13-,14+,15+,16+,17+,18+,19+,20+,21?,22+,23-,24+/m0/s1. The Labute approximate surface area is 249 Å². The van der Waals surface area contributed by atoms with E-state index in [1.807, 2.05) is 0 Å². The summed E-state index contributed by atoms with van der Waals surface area (Å²) in [5.41, 5.74) is 0. The maximum Gasteiger partial charge on any atom is 0.187 e. The van der Waals surface area contributed by atoms with Crippen molar-refractivity contribution in [2.24, 2.45) is 0 Å². The molecule has 0 aromatic carbocycles. The van der Waals surface area contributed by atoms with Gasteiger partial charge < -0.3 is 99.5 Å². The molecule has 20 atom stereocenters. The molecule has 0 aliphatic carbocycles. The van der Waals surface area contributed by atoms with Crippen molar-refractivity contribution < 1.29 is 99.5 Å². The molecule has 13 N–H and O–H groups in total. The van der Waals surface area contributed by atoms with Crippen molar-refractivity contribution in [3.63, 3.8) is 0 Å². The topological polar surface area (TPSA) is 328 Å². The number of aliphatic hydroxyl groups is 13. The first-order valence-corrected chi connectivity index (χ1v) is 14.0. The summed E-state index contributed by atoms with van der Waals surface area (Å²) in [7, 11) is 0. The maximum absolute atomic E-state index is 11.1. The molecule has 4 rings (SSSR count). The molecule has 0 spiro atoms. The zero-order chi connectivity index (χ0) is 32.6. The van der Waals surface area contributed by atoms with Crippen molar-refractivity contribution >= 4 is 0 Å². The lowest BCUT2D eigenvalue weighted by molar-refractivity contribution is -0.382. The van der Waals surface area contributed by atoms with Gasteiger partial charge in [-0.2, -0.15) is 0 Å². The van der Waals surface area contributed by atoms with E-state index in [1.54, 1.807) is 0 Å². The summed E-state index contributed by atoms with van der Waals surface area (Å²) >= 11 is 0. The summed E-state index contributed by atoms with van der Waals surface area (Å²) in [6.07, 6.45) is -34.2. The molecule has 4 heterocycles. The van der Waals surface area contributed by atoms with E-state index in [9.17, 15) is 66.4 Å². The van der Waals surface area contributed by atoms with Crippen molar-refractivity contribution in [1.82, 2.24) is 0 Å². The molecule has 4 aliphatic rings. The smallest absolute Gasteiger partial charge is 0.187 e. The highest BCUT2D eigenvalue weighted by atomic mass is 16.8. The highest BCUT2D eigenvalue weighted by molar-refractivity contribution is 4.96. The van der Waals surface area contributed by atoms with E-state index < -0.39 is 143 Å². The van der Waals surface area contributed by atoms with E-state index in [-0.39, 0.29) is 0 Å². The highest BCUT2D eigenvalue weighted by Gasteiger charge is 2.54. The maximum atomic E-state index is 11.1. The Morgan fingerprint density at radius 3 is 1.45 bits per heavy atom. The third-order valence-electron chi connectivity index (χ3n) is 8.15. The van der Waals surface area contributed by atoms with Gasteiger partial charge in [-0.25, -0.2) is 0 Å². The van der Waals surface area contributed by atoms with Crippen LogP contribution in [0, 0.1) is 0 Å². The first kappa shape index (κ1) is 36.0. The lowest BCUT2D eigenvalue weighted by Crippen LogP contribution is -2.66. The van der Waals surface area contributed by atoms with Gasteiger partial charge in [0.25, 0.3) is 0 Å². The quantitative estimate of drug-likeness (QED) is 0.110. The monoisotopic (exact) mass is 650 g/mol. The lowest BCUT2D eigenvalue weighted by Gasteiger charge is -2.48. The number of hydrogen-bond acceptors (Lipinski definition) is 20. The molecule has 20 heteroatoms. The third kappa shape index (κ3) is 7.19. The van der Waals surface area contributed by atoms with Crippen molar-refractivity contribution in [3.8, 4) is 0 Å². The molecular formula is C24H42O20. The zero-order valence-corrected chi connectivity index (χ0v) is 23.3. The number of aliphatic hydroxyl groups excluding tert-OH is 13. The second kappa shape index (κ2) is 15.0. The van der Waals surface area contributed by atoms with Crippen LogP contribution in [0.1, 0.15) is 6.92 Å². The van der Waals surface area contributed by atoms with Crippen LogP contribution in [0.15, 0.2) is 0 Å². The van der Waals surface area contributed by atoms with Crippen LogP contribution in [-0.4, -0.2) is 209 Å². The van der Waals surface area contributed by atoms with Crippen LogP contribution in [0.3, 0.4) is 0 Å². The fraction of sp³-hybridized carbons (Fsp3) is 1.00. The van der Waals surface area contributed by atoms with Crippen molar-refractivity contribution in [1.29, 1.82) is 0 Å². The van der Waals surface area contributed by atoms with Crippen LogP contribution in [0.5, 0.6) is 0 Å². The molecule has 4 fully saturated rings. The van der Waals surface area contributed by atoms with Gasteiger partial charge in [-0.1, -0.05) is 0 Å². The van der Waals surface area contributed by atoms with Gasteiger partial charge in [0.1, 0.15) is 91.6 Å². The molecule has 4 aliphatic heterocycles. The number of hydrogen-bond donors (Lipinski definition) is 13. The Bertz CT molecular complexity index is 884. The van der Waals surface area contributed by atoms with E-state index in [0.717, 1.165) is 0 Å². The van der Waals surface area contributed by atoms with Gasteiger partial charge in [0.15, 0.2) is 25.2 Å². The Morgan fingerprint density at radius 1 is 0.455 bits per heavy atom. The van der Waals surface area contributed by atoms with Gasteiger partial charge >= 0.3 is 0 Å². The lowest BCUT2D eigenvalue weighted by atomic mass is 9.96. The molecule has 20 nitrogen and oxygen atoms in total. The van der Waals surface area contributed by atoms with Crippen molar-refractivity contribution in [2.45, 2.75) is 130 Å². The molecule has 0 radical (unpaired) electrons. The van der Waals surface area contributed by atoms with Gasteiger partial charge in [-0.3, -0.25) is 0 Å². The minimum Gasteiger partial charge on any atom is -0.394 e. The van der Waals surface area contributed by atoms with Crippen LogP contribution in [0.4, 0.5) is 0 Å². The number of ether oxygens (including phenoxy) is 7. The van der Waals surface area contributed by atoms with Crippen molar-refractivity contribution in [3.05, 3.63) is 0 Å². The largest absolute Gasteiger partial charge is 0.394 e. The van der Waals surface area contributed by atoms with Crippen LogP contribution >= 0.6 is 0 Å². The minimum absolute atomic E-state index is 0.730. The zero-order valence-electron chi connectivity index (χ0n) is 23.3. The van der Waals surface area contributed by atoms with Crippen LogP contribution in [-0.2, 0) is 33.2 Å². The van der Waals surface area contributed by atoms with Gasteiger partial charge in [-0.15, -0.1) is 0 Å². The van der Waals surface area contributed by atoms with E-state index in [2.05, 4.69) is 0 Å². The third-order valence-corrected chi connectivity index (χ3v) is 8.15. The molecule has 0 saturated carbocycles. The van der Waals surface area contributed by atoms with Gasteiger partial charge in [0.2, 0.25) is 0 Å². The van der Waals surface area contributed by atoms with E-state index >= 15 is 0 Å². The molecule has 0 aromatic heterocycles. The molecule has 1 unspecified atom stereocenters. The summed E-state index contributed by atoms with van der Waals surface area (Å²) in [4.78, 5) is 0. The first-order chi connectivity index (χ1) is 20.7. The summed E-state index contributed by atoms with van der Waals surface area (Å²) < 4.78 is 38.0. The minimum atomic E-state index is -2.01. The fourth-order valence-electron chi connectivity index (χ4n) is 5.38. The van der Waals surface area contributed by atoms with Gasteiger partial charge in [-0.05, 0) is 6.92 Å². The molecule has 4 saturated heterocycles. The van der Waals surface area contributed by atoms with Crippen molar-refractivity contribution in [2.75, 3.05) is 19.8 Å². The van der Waals surface area contributed by atoms with Crippen LogP contribution in [0.2, 0.25) is 0 Å². The molecule has 0 bridgehead atoms. The Kier molecular flexibility index (Phi) is 12.3. The summed E-state index contributed by atoms with van der Waals surface area (Å²) in [6.45, 7) is -0.942. The average molecular weight is 651 g/mol. The molecule has 0 aromatic rings. The number of rotatable bonds is 9. The Balaban J connectivity index is 1.56. The Morgan fingerprint density at radius 2 is 0.909 bits per heavy atom. The van der Waals surface area contributed by atoms with Gasteiger partial charge in [0.05, 0.1) is 25.9 Å². The average Bonchev–Trinajstić information content (AvgIpc) is 3.00. The summed E-state index contributed by atoms with van der Waals surface area (Å²) in [5, 5.41) is 133. The predicted octanol–water partition coefficient (Wildman–Crippen LogP) is -8.72. The molecule has 44 heavy (non-hydrogen) atoms. The second-order valence-corrected chi connectivity index (χ2v) is 11.2. The van der Waals surface area contributed by atoms with Crippen LogP contribution < -0.4 is 0 Å². The van der Waals surface area contributed by atoms with Gasteiger partial charge in [0, 0.05) is 0 Å². The molecular weight excluding hydrogens is 608 g/mol. The normalized spacial score (nSPS) is 53.9. The predicted molar refractivity (Wildman–Crippen MR) is 132 cm³/mol. The summed E-state index contributed by atoms with van der Waals surface area (Å²) in [5.74, 6) is 0. The Hall–Kier alpha value is -0.800. The van der Waals surface area contributed by atoms with Crippen LogP contribution in [0.25, 0.3) is 0 Å². The van der Waals surface area contributed by atoms with E-state index in [4.69, 9.17) is 33.2 Å². The van der Waals surface area contributed by atoms with E-state index in [1.165, 1.54) is 6.92 Å². The first-order valence-electron chi connectivity index (χ1n) is 14.0.